The maximum atomic E-state index is 5.83. The van der Waals surface area contributed by atoms with Crippen LogP contribution in [0.2, 0.25) is 0 Å². The highest BCUT2D eigenvalue weighted by Gasteiger charge is 2.10. The van der Waals surface area contributed by atoms with E-state index in [1.165, 1.54) is 0 Å². The van der Waals surface area contributed by atoms with Crippen molar-refractivity contribution < 1.29 is 14.2 Å². The van der Waals surface area contributed by atoms with Gasteiger partial charge in [-0.25, -0.2) is 9.97 Å². The van der Waals surface area contributed by atoms with Crippen molar-refractivity contribution in [3.63, 3.8) is 0 Å². The molecule has 21 heavy (non-hydrogen) atoms. The van der Waals surface area contributed by atoms with E-state index in [0.29, 0.717) is 37.2 Å². The summed E-state index contributed by atoms with van der Waals surface area (Å²) in [7, 11) is 3.23. The van der Waals surface area contributed by atoms with Crippen molar-refractivity contribution in [1.82, 2.24) is 9.97 Å². The number of ether oxygens (including phenoxy) is 3. The quantitative estimate of drug-likeness (QED) is 0.784. The van der Waals surface area contributed by atoms with Crippen molar-refractivity contribution in [3.8, 4) is 17.0 Å². The number of nitrogen functional groups attached to an aromatic ring is 1. The summed E-state index contributed by atoms with van der Waals surface area (Å²) in [5.41, 5.74) is 7.40. The Bertz CT molecular complexity index is 590. The van der Waals surface area contributed by atoms with E-state index in [4.69, 9.17) is 19.9 Å². The number of rotatable bonds is 7. The molecule has 0 fully saturated rings. The van der Waals surface area contributed by atoms with Gasteiger partial charge in [-0.1, -0.05) is 12.1 Å². The zero-order valence-electron chi connectivity index (χ0n) is 12.2. The van der Waals surface area contributed by atoms with E-state index in [9.17, 15) is 0 Å². The first-order valence-electron chi connectivity index (χ1n) is 6.58. The molecule has 6 nitrogen and oxygen atoms in total. The summed E-state index contributed by atoms with van der Waals surface area (Å²) in [5, 5.41) is 0. The van der Waals surface area contributed by atoms with Gasteiger partial charge in [0, 0.05) is 25.8 Å². The first-order chi connectivity index (χ1) is 10.2. The zero-order valence-corrected chi connectivity index (χ0v) is 12.2. The van der Waals surface area contributed by atoms with Crippen molar-refractivity contribution in [2.24, 2.45) is 0 Å². The Morgan fingerprint density at radius 2 is 1.86 bits per heavy atom. The Hall–Kier alpha value is -2.18. The maximum Gasteiger partial charge on any atom is 0.157 e. The molecule has 0 bridgehead atoms. The van der Waals surface area contributed by atoms with Crippen LogP contribution in [0.3, 0.4) is 0 Å². The molecule has 2 rings (SSSR count). The number of para-hydroxylation sites is 1. The molecule has 0 atom stereocenters. The number of hydrogen-bond acceptors (Lipinski definition) is 6. The van der Waals surface area contributed by atoms with Crippen molar-refractivity contribution >= 4 is 5.82 Å². The fourth-order valence-electron chi connectivity index (χ4n) is 1.89. The predicted octanol–water partition coefficient (Wildman–Crippen LogP) is 1.90. The molecule has 0 amide bonds. The first kappa shape index (κ1) is 15.2. The van der Waals surface area contributed by atoms with Crippen LogP contribution in [-0.4, -0.2) is 37.4 Å². The number of aromatic nitrogens is 2. The highest BCUT2D eigenvalue weighted by atomic mass is 16.5. The average Bonchev–Trinajstić information content (AvgIpc) is 2.48. The summed E-state index contributed by atoms with van der Waals surface area (Å²) in [6.45, 7) is 1.30. The standard InChI is InChI=1S/C15H19N3O3/c1-19-7-8-21-13-6-4-3-5-11(13)12-9-14(16)18-15(17-12)10-20-2/h3-6,9H,7-8,10H2,1-2H3,(H2,16,17,18). The van der Waals surface area contributed by atoms with Gasteiger partial charge < -0.3 is 19.9 Å². The van der Waals surface area contributed by atoms with Gasteiger partial charge in [0.15, 0.2) is 5.82 Å². The van der Waals surface area contributed by atoms with Crippen LogP contribution in [0.1, 0.15) is 5.82 Å². The van der Waals surface area contributed by atoms with Crippen molar-refractivity contribution in [2.75, 3.05) is 33.2 Å². The lowest BCUT2D eigenvalue weighted by Crippen LogP contribution is -2.06. The largest absolute Gasteiger partial charge is 0.490 e. The number of nitrogens with two attached hydrogens (primary N) is 1. The van der Waals surface area contributed by atoms with Crippen LogP contribution in [0.15, 0.2) is 30.3 Å². The maximum absolute atomic E-state index is 5.83. The SMILES string of the molecule is COCCOc1ccccc1-c1cc(N)nc(COC)n1. The molecule has 1 heterocycles. The molecule has 0 unspecified atom stereocenters. The summed E-state index contributed by atoms with van der Waals surface area (Å²) in [5.74, 6) is 1.67. The average molecular weight is 289 g/mol. The Balaban J connectivity index is 2.32. The Labute approximate surface area is 123 Å². The van der Waals surface area contributed by atoms with Crippen molar-refractivity contribution in [2.45, 2.75) is 6.61 Å². The molecule has 0 spiro atoms. The van der Waals surface area contributed by atoms with Gasteiger partial charge in [-0.3, -0.25) is 0 Å². The smallest absolute Gasteiger partial charge is 0.157 e. The summed E-state index contributed by atoms with van der Waals surface area (Å²) in [4.78, 5) is 8.59. The van der Waals surface area contributed by atoms with Gasteiger partial charge in [0.2, 0.25) is 0 Å². The summed E-state index contributed by atoms with van der Waals surface area (Å²) in [6, 6.07) is 9.37. The minimum absolute atomic E-state index is 0.310. The first-order valence-corrected chi connectivity index (χ1v) is 6.58. The molecular weight excluding hydrogens is 270 g/mol. The molecule has 0 radical (unpaired) electrons. The van der Waals surface area contributed by atoms with Crippen LogP contribution >= 0.6 is 0 Å². The lowest BCUT2D eigenvalue weighted by molar-refractivity contribution is 0.146. The molecule has 6 heteroatoms. The lowest BCUT2D eigenvalue weighted by Gasteiger charge is -2.12. The van der Waals surface area contributed by atoms with Crippen LogP contribution in [0.5, 0.6) is 5.75 Å². The topological polar surface area (TPSA) is 79.5 Å². The van der Waals surface area contributed by atoms with Crippen LogP contribution in [0.4, 0.5) is 5.82 Å². The number of benzene rings is 1. The third kappa shape index (κ3) is 4.14. The highest BCUT2D eigenvalue weighted by Crippen LogP contribution is 2.29. The molecule has 112 valence electrons. The third-order valence-corrected chi connectivity index (χ3v) is 2.77. The molecule has 0 aliphatic rings. The zero-order chi connectivity index (χ0) is 15.1. The summed E-state index contributed by atoms with van der Waals surface area (Å²) < 4.78 is 15.8. The van der Waals surface area contributed by atoms with Gasteiger partial charge in [-0.2, -0.15) is 0 Å². The van der Waals surface area contributed by atoms with E-state index in [1.807, 2.05) is 24.3 Å². The Kier molecular flexibility index (Phi) is 5.48. The van der Waals surface area contributed by atoms with E-state index in [-0.39, 0.29) is 0 Å². The fourth-order valence-corrected chi connectivity index (χ4v) is 1.89. The Morgan fingerprint density at radius 3 is 2.62 bits per heavy atom. The van der Waals surface area contributed by atoms with Gasteiger partial charge in [0.25, 0.3) is 0 Å². The molecular formula is C15H19N3O3. The normalized spacial score (nSPS) is 10.6. The fraction of sp³-hybridized carbons (Fsp3) is 0.333. The minimum Gasteiger partial charge on any atom is -0.490 e. The molecule has 1 aromatic carbocycles. The van der Waals surface area contributed by atoms with Crippen LogP contribution in [0, 0.1) is 0 Å². The van der Waals surface area contributed by atoms with Crippen molar-refractivity contribution in [3.05, 3.63) is 36.2 Å². The van der Waals surface area contributed by atoms with Gasteiger partial charge in [0.05, 0.1) is 12.3 Å². The van der Waals surface area contributed by atoms with Crippen LogP contribution in [-0.2, 0) is 16.1 Å². The Morgan fingerprint density at radius 1 is 1.05 bits per heavy atom. The van der Waals surface area contributed by atoms with Crippen LogP contribution < -0.4 is 10.5 Å². The monoisotopic (exact) mass is 289 g/mol. The molecule has 0 aliphatic heterocycles. The number of methoxy groups -OCH3 is 2. The highest BCUT2D eigenvalue weighted by molar-refractivity contribution is 5.68. The second-order valence-electron chi connectivity index (χ2n) is 4.36. The van der Waals surface area contributed by atoms with E-state index in [2.05, 4.69) is 9.97 Å². The number of anilines is 1. The van der Waals surface area contributed by atoms with Crippen LogP contribution in [0.25, 0.3) is 11.3 Å². The van der Waals surface area contributed by atoms with E-state index in [0.717, 1.165) is 11.3 Å². The predicted molar refractivity (Wildman–Crippen MR) is 80.0 cm³/mol. The second kappa shape index (κ2) is 7.56. The molecule has 2 N–H and O–H groups in total. The van der Waals surface area contributed by atoms with Gasteiger partial charge in [0.1, 0.15) is 24.8 Å². The third-order valence-electron chi connectivity index (χ3n) is 2.77. The minimum atomic E-state index is 0.310. The number of hydrogen-bond donors (Lipinski definition) is 1. The van der Waals surface area contributed by atoms with E-state index < -0.39 is 0 Å². The van der Waals surface area contributed by atoms with Gasteiger partial charge >= 0.3 is 0 Å². The molecule has 2 aromatic rings. The molecule has 0 saturated heterocycles. The van der Waals surface area contributed by atoms with Gasteiger partial charge in [-0.05, 0) is 12.1 Å². The van der Waals surface area contributed by atoms with E-state index >= 15 is 0 Å². The summed E-state index contributed by atoms with van der Waals surface area (Å²) in [6.07, 6.45) is 0. The second-order valence-corrected chi connectivity index (χ2v) is 4.36. The molecule has 1 aromatic heterocycles. The molecule has 0 aliphatic carbocycles. The van der Waals surface area contributed by atoms with Crippen molar-refractivity contribution in [1.29, 1.82) is 0 Å². The lowest BCUT2D eigenvalue weighted by atomic mass is 10.1. The van der Waals surface area contributed by atoms with Gasteiger partial charge in [-0.15, -0.1) is 0 Å². The van der Waals surface area contributed by atoms with E-state index in [1.54, 1.807) is 20.3 Å². The number of nitrogens with zero attached hydrogens (tertiary/aromatic N) is 2. The molecule has 0 saturated carbocycles. The summed E-state index contributed by atoms with van der Waals surface area (Å²) >= 11 is 0.